The van der Waals surface area contributed by atoms with Crippen LogP contribution in [0.5, 0.6) is 0 Å². The zero-order chi connectivity index (χ0) is 15.5. The molecular weight excluding hydrogens is 276 g/mol. The number of aryl methyl sites for hydroxylation is 1. The monoisotopic (exact) mass is 298 g/mol. The largest absolute Gasteiger partial charge is 0.349 e. The van der Waals surface area contributed by atoms with Crippen molar-refractivity contribution in [1.82, 2.24) is 5.32 Å². The fourth-order valence-electron chi connectivity index (χ4n) is 2.01. The van der Waals surface area contributed by atoms with E-state index in [-0.39, 0.29) is 16.8 Å². The standard InChI is InChI=1S/C14H22N2O3S/c1-5-13(9(2)3)16-14(17)12-8-11(20(15,18)19)7-6-10(12)4/h6-9,13H,5H2,1-4H3,(H,16,17)(H2,15,18,19). The number of nitrogens with two attached hydrogens (primary N) is 1. The Hall–Kier alpha value is -1.40. The van der Waals surface area contributed by atoms with Crippen molar-refractivity contribution in [3.63, 3.8) is 0 Å². The second kappa shape index (κ2) is 6.37. The molecule has 1 amide bonds. The Balaban J connectivity index is 3.10. The SMILES string of the molecule is CCC(NC(=O)c1cc(S(N)(=O)=O)ccc1C)C(C)C. The number of carbonyl (C=O) groups excluding carboxylic acids is 1. The predicted molar refractivity (Wildman–Crippen MR) is 78.9 cm³/mol. The van der Waals surface area contributed by atoms with E-state index in [9.17, 15) is 13.2 Å². The van der Waals surface area contributed by atoms with Crippen molar-refractivity contribution in [3.05, 3.63) is 29.3 Å². The van der Waals surface area contributed by atoms with Gasteiger partial charge in [-0.1, -0.05) is 26.8 Å². The molecule has 0 bridgehead atoms. The number of carbonyl (C=O) groups is 1. The van der Waals surface area contributed by atoms with E-state index >= 15 is 0 Å². The maximum atomic E-state index is 12.3. The topological polar surface area (TPSA) is 89.3 Å². The van der Waals surface area contributed by atoms with E-state index in [0.717, 1.165) is 6.42 Å². The van der Waals surface area contributed by atoms with Crippen LogP contribution in [-0.4, -0.2) is 20.4 Å². The third kappa shape index (κ3) is 4.05. The maximum Gasteiger partial charge on any atom is 0.251 e. The van der Waals surface area contributed by atoms with Gasteiger partial charge in [0, 0.05) is 11.6 Å². The lowest BCUT2D eigenvalue weighted by molar-refractivity contribution is 0.0924. The van der Waals surface area contributed by atoms with Crippen molar-refractivity contribution < 1.29 is 13.2 Å². The lowest BCUT2D eigenvalue weighted by atomic mass is 10.0. The van der Waals surface area contributed by atoms with Crippen molar-refractivity contribution in [3.8, 4) is 0 Å². The molecule has 0 saturated heterocycles. The van der Waals surface area contributed by atoms with E-state index in [1.54, 1.807) is 13.0 Å². The normalized spacial score (nSPS) is 13.3. The Kier molecular flexibility index (Phi) is 5.30. The van der Waals surface area contributed by atoms with Gasteiger partial charge in [0.15, 0.2) is 0 Å². The van der Waals surface area contributed by atoms with Crippen molar-refractivity contribution in [2.45, 2.75) is 45.1 Å². The van der Waals surface area contributed by atoms with Gasteiger partial charge >= 0.3 is 0 Å². The molecule has 5 nitrogen and oxygen atoms in total. The number of nitrogens with one attached hydrogen (secondary N) is 1. The van der Waals surface area contributed by atoms with E-state index in [2.05, 4.69) is 5.32 Å². The molecule has 0 aliphatic heterocycles. The Bertz CT molecular complexity index is 594. The minimum atomic E-state index is -3.81. The van der Waals surface area contributed by atoms with Crippen LogP contribution in [0.2, 0.25) is 0 Å². The van der Waals surface area contributed by atoms with Crippen LogP contribution >= 0.6 is 0 Å². The maximum absolute atomic E-state index is 12.3. The van der Waals surface area contributed by atoms with Crippen LogP contribution in [0.4, 0.5) is 0 Å². The van der Waals surface area contributed by atoms with E-state index in [0.29, 0.717) is 17.0 Å². The summed E-state index contributed by atoms with van der Waals surface area (Å²) in [5, 5.41) is 8.02. The van der Waals surface area contributed by atoms with E-state index in [1.807, 2.05) is 20.8 Å². The van der Waals surface area contributed by atoms with Gasteiger partial charge in [0.2, 0.25) is 10.0 Å². The highest BCUT2D eigenvalue weighted by Crippen LogP contribution is 2.15. The molecule has 1 rings (SSSR count). The van der Waals surface area contributed by atoms with Gasteiger partial charge in [0.05, 0.1) is 4.90 Å². The van der Waals surface area contributed by atoms with Gasteiger partial charge in [0.25, 0.3) is 5.91 Å². The zero-order valence-electron chi connectivity index (χ0n) is 12.3. The minimum Gasteiger partial charge on any atom is -0.349 e. The first-order valence-electron chi connectivity index (χ1n) is 6.61. The van der Waals surface area contributed by atoms with Crippen molar-refractivity contribution in [1.29, 1.82) is 0 Å². The molecule has 112 valence electrons. The number of benzene rings is 1. The van der Waals surface area contributed by atoms with Crippen LogP contribution < -0.4 is 10.5 Å². The summed E-state index contributed by atoms with van der Waals surface area (Å²) < 4.78 is 22.7. The second-order valence-electron chi connectivity index (χ2n) is 5.25. The van der Waals surface area contributed by atoms with Crippen molar-refractivity contribution in [2.75, 3.05) is 0 Å². The molecule has 0 radical (unpaired) electrons. The van der Waals surface area contributed by atoms with Crippen LogP contribution in [0.1, 0.15) is 43.1 Å². The molecule has 20 heavy (non-hydrogen) atoms. The summed E-state index contributed by atoms with van der Waals surface area (Å²) in [6.45, 7) is 7.82. The number of hydrogen-bond donors (Lipinski definition) is 2. The highest BCUT2D eigenvalue weighted by molar-refractivity contribution is 7.89. The number of hydrogen-bond acceptors (Lipinski definition) is 3. The minimum absolute atomic E-state index is 0.0501. The summed E-state index contributed by atoms with van der Waals surface area (Å²) >= 11 is 0. The number of rotatable bonds is 5. The smallest absolute Gasteiger partial charge is 0.251 e. The first kappa shape index (κ1) is 16.7. The van der Waals surface area contributed by atoms with E-state index in [4.69, 9.17) is 5.14 Å². The molecule has 0 spiro atoms. The molecule has 1 aromatic rings. The molecule has 0 aromatic heterocycles. The quantitative estimate of drug-likeness (QED) is 0.868. The Labute approximate surface area is 120 Å². The Morgan fingerprint density at radius 1 is 1.35 bits per heavy atom. The molecule has 0 saturated carbocycles. The van der Waals surface area contributed by atoms with E-state index < -0.39 is 10.0 Å². The van der Waals surface area contributed by atoms with E-state index in [1.165, 1.54) is 12.1 Å². The molecule has 0 fully saturated rings. The van der Waals surface area contributed by atoms with Gasteiger partial charge in [-0.25, -0.2) is 13.6 Å². The van der Waals surface area contributed by atoms with Gasteiger partial charge in [-0.3, -0.25) is 4.79 Å². The van der Waals surface area contributed by atoms with Gasteiger partial charge in [-0.05, 0) is 37.0 Å². The summed E-state index contributed by atoms with van der Waals surface area (Å²) in [4.78, 5) is 12.2. The second-order valence-corrected chi connectivity index (χ2v) is 6.82. The van der Waals surface area contributed by atoms with Crippen LogP contribution in [0, 0.1) is 12.8 Å². The van der Waals surface area contributed by atoms with Crippen molar-refractivity contribution in [2.24, 2.45) is 11.1 Å². The van der Waals surface area contributed by atoms with Gasteiger partial charge in [0.1, 0.15) is 0 Å². The van der Waals surface area contributed by atoms with Crippen LogP contribution in [0.25, 0.3) is 0 Å². The Morgan fingerprint density at radius 3 is 2.40 bits per heavy atom. The molecule has 6 heteroatoms. The lowest BCUT2D eigenvalue weighted by Gasteiger charge is -2.21. The molecule has 0 aliphatic carbocycles. The fraction of sp³-hybridized carbons (Fsp3) is 0.500. The number of primary sulfonamides is 1. The molecule has 1 unspecified atom stereocenters. The van der Waals surface area contributed by atoms with Crippen LogP contribution in [-0.2, 0) is 10.0 Å². The average molecular weight is 298 g/mol. The van der Waals surface area contributed by atoms with Gasteiger partial charge in [-0.15, -0.1) is 0 Å². The first-order chi connectivity index (χ1) is 9.16. The average Bonchev–Trinajstić information content (AvgIpc) is 2.34. The first-order valence-corrected chi connectivity index (χ1v) is 8.15. The van der Waals surface area contributed by atoms with Crippen LogP contribution in [0.3, 0.4) is 0 Å². The predicted octanol–water partition coefficient (Wildman–Crippen LogP) is 1.81. The highest BCUT2D eigenvalue weighted by Gasteiger charge is 2.18. The molecule has 0 aliphatic rings. The van der Waals surface area contributed by atoms with Gasteiger partial charge < -0.3 is 5.32 Å². The highest BCUT2D eigenvalue weighted by atomic mass is 32.2. The molecule has 1 aromatic carbocycles. The van der Waals surface area contributed by atoms with Gasteiger partial charge in [-0.2, -0.15) is 0 Å². The van der Waals surface area contributed by atoms with Crippen LogP contribution in [0.15, 0.2) is 23.1 Å². The molecule has 1 atom stereocenters. The number of amides is 1. The van der Waals surface area contributed by atoms with Crippen molar-refractivity contribution >= 4 is 15.9 Å². The number of sulfonamides is 1. The molecular formula is C14H22N2O3S. The molecule has 3 N–H and O–H groups in total. The summed E-state index contributed by atoms with van der Waals surface area (Å²) in [5.41, 5.74) is 1.06. The summed E-state index contributed by atoms with van der Waals surface area (Å²) in [6, 6.07) is 4.37. The Morgan fingerprint density at radius 2 is 1.95 bits per heavy atom. The lowest BCUT2D eigenvalue weighted by Crippen LogP contribution is -2.38. The summed E-state index contributed by atoms with van der Waals surface area (Å²) in [6.07, 6.45) is 0.817. The third-order valence-electron chi connectivity index (χ3n) is 3.34. The summed E-state index contributed by atoms with van der Waals surface area (Å²) in [5.74, 6) is 0.0410. The molecule has 0 heterocycles. The third-order valence-corrected chi connectivity index (χ3v) is 4.25. The fourth-order valence-corrected chi connectivity index (χ4v) is 2.55. The summed E-state index contributed by atoms with van der Waals surface area (Å²) in [7, 11) is -3.81. The zero-order valence-corrected chi connectivity index (χ0v) is 13.1.